The molecule has 7 heteroatoms. The van der Waals surface area contributed by atoms with E-state index in [2.05, 4.69) is 5.32 Å². The van der Waals surface area contributed by atoms with Crippen molar-refractivity contribution < 1.29 is 19.1 Å². The topological polar surface area (TPSA) is 79.0 Å². The zero-order valence-electron chi connectivity index (χ0n) is 17.6. The van der Waals surface area contributed by atoms with Crippen molar-refractivity contribution in [2.45, 2.75) is 26.8 Å². The first-order valence-electron chi connectivity index (χ1n) is 10.0. The molecule has 1 aliphatic heterocycles. The molecule has 0 spiro atoms. The van der Waals surface area contributed by atoms with Crippen LogP contribution >= 0.6 is 0 Å². The summed E-state index contributed by atoms with van der Waals surface area (Å²) in [6.45, 7) is 4.92. The molecule has 1 fully saturated rings. The molecule has 7 nitrogen and oxygen atoms in total. The second-order valence-corrected chi connectivity index (χ2v) is 7.33. The fraction of sp³-hybridized carbons (Fsp3) is 0.348. The highest BCUT2D eigenvalue weighted by atomic mass is 16.5. The maximum Gasteiger partial charge on any atom is 0.229 e. The van der Waals surface area contributed by atoms with E-state index in [4.69, 9.17) is 4.74 Å². The number of anilines is 2. The van der Waals surface area contributed by atoms with Crippen LogP contribution in [-0.4, -0.2) is 42.8 Å². The minimum atomic E-state index is -0.424. The van der Waals surface area contributed by atoms with Gasteiger partial charge in [-0.1, -0.05) is 12.1 Å². The van der Waals surface area contributed by atoms with Crippen molar-refractivity contribution in [3.63, 3.8) is 0 Å². The van der Waals surface area contributed by atoms with Crippen LogP contribution in [-0.2, 0) is 20.9 Å². The van der Waals surface area contributed by atoms with E-state index in [0.29, 0.717) is 31.1 Å². The molecule has 3 amide bonds. The first-order chi connectivity index (χ1) is 14.4. The van der Waals surface area contributed by atoms with Gasteiger partial charge in [-0.25, -0.2) is 0 Å². The van der Waals surface area contributed by atoms with Gasteiger partial charge >= 0.3 is 0 Å². The highest BCUT2D eigenvalue weighted by molar-refractivity contribution is 6.03. The molecule has 1 atom stereocenters. The van der Waals surface area contributed by atoms with E-state index < -0.39 is 5.92 Å². The summed E-state index contributed by atoms with van der Waals surface area (Å²) in [7, 11) is 1.59. The summed E-state index contributed by atoms with van der Waals surface area (Å²) < 4.78 is 5.15. The molecule has 3 rings (SSSR count). The van der Waals surface area contributed by atoms with Crippen LogP contribution in [0.4, 0.5) is 11.4 Å². The number of hydrogen-bond acceptors (Lipinski definition) is 4. The normalized spacial score (nSPS) is 15.8. The lowest BCUT2D eigenvalue weighted by Gasteiger charge is -2.19. The van der Waals surface area contributed by atoms with Gasteiger partial charge in [-0.3, -0.25) is 14.4 Å². The number of benzene rings is 2. The smallest absolute Gasteiger partial charge is 0.229 e. The van der Waals surface area contributed by atoms with Gasteiger partial charge in [0.1, 0.15) is 5.75 Å². The lowest BCUT2D eigenvalue weighted by atomic mass is 10.1. The third-order valence-electron chi connectivity index (χ3n) is 5.27. The van der Waals surface area contributed by atoms with E-state index in [0.717, 1.165) is 11.3 Å². The summed E-state index contributed by atoms with van der Waals surface area (Å²) >= 11 is 0. The zero-order chi connectivity index (χ0) is 21.7. The minimum absolute atomic E-state index is 0.00929. The molecule has 0 aromatic heterocycles. The summed E-state index contributed by atoms with van der Waals surface area (Å²) in [6, 6.07) is 14.7. The van der Waals surface area contributed by atoms with Gasteiger partial charge in [0.25, 0.3) is 0 Å². The number of amides is 3. The molecule has 1 heterocycles. The summed E-state index contributed by atoms with van der Waals surface area (Å²) in [5.41, 5.74) is 2.35. The third-order valence-corrected chi connectivity index (χ3v) is 5.27. The number of carbonyl (C=O) groups excluding carboxylic acids is 3. The molecular weight excluding hydrogens is 382 g/mol. The molecule has 0 bridgehead atoms. The van der Waals surface area contributed by atoms with Crippen molar-refractivity contribution in [3.8, 4) is 5.75 Å². The number of ether oxygens (including phenoxy) is 1. The summed E-state index contributed by atoms with van der Waals surface area (Å²) in [5.74, 6) is 0.0400. The second kappa shape index (κ2) is 9.43. The van der Waals surface area contributed by atoms with Gasteiger partial charge in [-0.2, -0.15) is 0 Å². The summed E-state index contributed by atoms with van der Waals surface area (Å²) in [4.78, 5) is 40.2. The maximum absolute atomic E-state index is 12.8. The van der Waals surface area contributed by atoms with Gasteiger partial charge in [-0.15, -0.1) is 0 Å². The van der Waals surface area contributed by atoms with E-state index in [-0.39, 0.29) is 24.1 Å². The molecule has 1 saturated heterocycles. The van der Waals surface area contributed by atoms with E-state index in [1.807, 2.05) is 43.3 Å². The third kappa shape index (κ3) is 4.97. The monoisotopic (exact) mass is 409 g/mol. The molecule has 30 heavy (non-hydrogen) atoms. The fourth-order valence-electron chi connectivity index (χ4n) is 3.55. The predicted octanol–water partition coefficient (Wildman–Crippen LogP) is 3.06. The largest absolute Gasteiger partial charge is 0.497 e. The molecule has 0 aliphatic carbocycles. The van der Waals surface area contributed by atoms with E-state index >= 15 is 0 Å². The van der Waals surface area contributed by atoms with Gasteiger partial charge in [0.2, 0.25) is 17.7 Å². The number of nitrogens with one attached hydrogen (secondary N) is 1. The van der Waals surface area contributed by atoms with Gasteiger partial charge in [0.05, 0.1) is 13.0 Å². The highest BCUT2D eigenvalue weighted by Crippen LogP contribution is 2.27. The standard InChI is InChI=1S/C23H27N3O4/c1-4-25(16(2)27)14-17-6-5-7-19(12-17)24-23(29)18-13-22(28)26(15-18)20-8-10-21(30-3)11-9-20/h5-12,18H,4,13-15H2,1-3H3,(H,24,29). The lowest BCUT2D eigenvalue weighted by molar-refractivity contribution is -0.129. The van der Waals surface area contributed by atoms with Gasteiger partial charge in [0, 0.05) is 44.4 Å². The molecular formula is C23H27N3O4. The average Bonchev–Trinajstić information content (AvgIpc) is 3.14. The Morgan fingerprint density at radius 2 is 1.93 bits per heavy atom. The van der Waals surface area contributed by atoms with Crippen molar-refractivity contribution in [3.05, 3.63) is 54.1 Å². The SMILES string of the molecule is CCN(Cc1cccc(NC(=O)C2CC(=O)N(c3ccc(OC)cc3)C2)c1)C(C)=O. The highest BCUT2D eigenvalue weighted by Gasteiger charge is 2.35. The van der Waals surface area contributed by atoms with Crippen LogP contribution in [0, 0.1) is 5.92 Å². The molecule has 1 aliphatic rings. The predicted molar refractivity (Wildman–Crippen MR) is 115 cm³/mol. The van der Waals surface area contributed by atoms with Crippen molar-refractivity contribution in [1.82, 2.24) is 4.90 Å². The van der Waals surface area contributed by atoms with Gasteiger partial charge in [-0.05, 0) is 48.9 Å². The molecule has 0 radical (unpaired) electrons. The Bertz CT molecular complexity index is 926. The number of rotatable bonds is 7. The van der Waals surface area contributed by atoms with Crippen LogP contribution in [0.3, 0.4) is 0 Å². The summed E-state index contributed by atoms with van der Waals surface area (Å²) in [5, 5.41) is 2.91. The van der Waals surface area contributed by atoms with Gasteiger partial charge < -0.3 is 19.9 Å². The maximum atomic E-state index is 12.8. The van der Waals surface area contributed by atoms with Crippen molar-refractivity contribution >= 4 is 29.1 Å². The summed E-state index contributed by atoms with van der Waals surface area (Å²) in [6.07, 6.45) is 0.172. The Kier molecular flexibility index (Phi) is 6.72. The van der Waals surface area contributed by atoms with E-state index in [1.165, 1.54) is 0 Å². The molecule has 158 valence electrons. The molecule has 0 saturated carbocycles. The average molecular weight is 409 g/mol. The number of hydrogen-bond donors (Lipinski definition) is 1. The van der Waals surface area contributed by atoms with Crippen LogP contribution in [0.1, 0.15) is 25.8 Å². The zero-order valence-corrected chi connectivity index (χ0v) is 17.6. The second-order valence-electron chi connectivity index (χ2n) is 7.33. The van der Waals surface area contributed by atoms with E-state index in [1.54, 1.807) is 36.0 Å². The van der Waals surface area contributed by atoms with Crippen molar-refractivity contribution in [2.24, 2.45) is 5.92 Å². The number of methoxy groups -OCH3 is 1. The van der Waals surface area contributed by atoms with E-state index in [9.17, 15) is 14.4 Å². The lowest BCUT2D eigenvalue weighted by Crippen LogP contribution is -2.28. The Hall–Kier alpha value is -3.35. The van der Waals surface area contributed by atoms with Gasteiger partial charge in [0.15, 0.2) is 0 Å². The van der Waals surface area contributed by atoms with Crippen LogP contribution in [0.2, 0.25) is 0 Å². The Morgan fingerprint density at radius 1 is 1.20 bits per heavy atom. The van der Waals surface area contributed by atoms with Crippen molar-refractivity contribution in [2.75, 3.05) is 30.4 Å². The molecule has 2 aromatic rings. The van der Waals surface area contributed by atoms with Crippen LogP contribution in [0.15, 0.2) is 48.5 Å². The quantitative estimate of drug-likeness (QED) is 0.762. The first-order valence-corrected chi connectivity index (χ1v) is 10.0. The molecule has 2 aromatic carbocycles. The minimum Gasteiger partial charge on any atom is -0.497 e. The molecule has 1 unspecified atom stereocenters. The van der Waals surface area contributed by atoms with Crippen LogP contribution in [0.5, 0.6) is 5.75 Å². The number of carbonyl (C=O) groups is 3. The van der Waals surface area contributed by atoms with Crippen LogP contribution < -0.4 is 15.0 Å². The first kappa shape index (κ1) is 21.4. The number of nitrogens with zero attached hydrogens (tertiary/aromatic N) is 2. The Balaban J connectivity index is 1.64. The van der Waals surface area contributed by atoms with Crippen LogP contribution in [0.25, 0.3) is 0 Å². The Labute approximate surface area is 176 Å². The fourth-order valence-corrected chi connectivity index (χ4v) is 3.55. The Morgan fingerprint density at radius 3 is 2.57 bits per heavy atom. The van der Waals surface area contributed by atoms with Crippen molar-refractivity contribution in [1.29, 1.82) is 0 Å². The molecule has 1 N–H and O–H groups in total.